The molecule has 3 aromatic carbocycles. The van der Waals surface area contributed by atoms with Gasteiger partial charge >= 0.3 is 0 Å². The molecule has 34 heavy (non-hydrogen) atoms. The number of carbonyl (C=O) groups is 2. The summed E-state index contributed by atoms with van der Waals surface area (Å²) < 4.78 is 6.15. The molecule has 0 heterocycles. The SMILES string of the molecule is Cc1ccc(NC(=O)/C(C#N)=C/c2ccc(OCC(=O)Nc3ccccc3Cl)c(Br)c2)c(C)c1. The van der Waals surface area contributed by atoms with Crippen LogP contribution in [0.25, 0.3) is 6.08 Å². The highest BCUT2D eigenvalue weighted by Gasteiger charge is 2.12. The van der Waals surface area contributed by atoms with Gasteiger partial charge in [-0.15, -0.1) is 0 Å². The summed E-state index contributed by atoms with van der Waals surface area (Å²) in [7, 11) is 0. The van der Waals surface area contributed by atoms with Crippen LogP contribution >= 0.6 is 27.5 Å². The smallest absolute Gasteiger partial charge is 0.266 e. The Morgan fingerprint density at radius 1 is 1.06 bits per heavy atom. The number of carbonyl (C=O) groups excluding carboxylic acids is 2. The van der Waals surface area contributed by atoms with Crippen molar-refractivity contribution in [3.05, 3.63) is 92.4 Å². The monoisotopic (exact) mass is 537 g/mol. The summed E-state index contributed by atoms with van der Waals surface area (Å²) in [5.74, 6) is -0.425. The fraction of sp³-hybridized carbons (Fsp3) is 0.115. The van der Waals surface area contributed by atoms with Crippen molar-refractivity contribution in [2.45, 2.75) is 13.8 Å². The standard InChI is InChI=1S/C26H21BrClN3O3/c1-16-7-9-22(17(2)11-16)31-26(33)19(14-29)12-18-8-10-24(20(27)13-18)34-15-25(32)30-23-6-4-3-5-21(23)28/h3-13H,15H2,1-2H3,(H,30,32)(H,31,33)/b19-12+. The third kappa shape index (κ3) is 6.70. The second kappa shape index (κ2) is 11.5. The second-order valence-electron chi connectivity index (χ2n) is 7.45. The first-order chi connectivity index (χ1) is 16.3. The molecule has 2 N–H and O–H groups in total. The number of amides is 2. The number of benzene rings is 3. The van der Waals surface area contributed by atoms with Crippen LogP contribution in [0.1, 0.15) is 16.7 Å². The van der Waals surface area contributed by atoms with E-state index in [9.17, 15) is 14.9 Å². The zero-order chi connectivity index (χ0) is 24.7. The lowest BCUT2D eigenvalue weighted by Crippen LogP contribution is -2.20. The molecule has 0 aliphatic carbocycles. The number of rotatable bonds is 7. The summed E-state index contributed by atoms with van der Waals surface area (Å²) in [6, 6.07) is 19.5. The molecule has 0 saturated carbocycles. The van der Waals surface area contributed by atoms with Gasteiger partial charge in [-0.3, -0.25) is 9.59 Å². The van der Waals surface area contributed by atoms with Gasteiger partial charge in [0.25, 0.3) is 11.8 Å². The summed E-state index contributed by atoms with van der Waals surface area (Å²) in [5.41, 5.74) is 3.72. The maximum atomic E-state index is 12.6. The molecule has 8 heteroatoms. The number of nitrogens with one attached hydrogen (secondary N) is 2. The van der Waals surface area contributed by atoms with Gasteiger partial charge < -0.3 is 15.4 Å². The van der Waals surface area contributed by atoms with Crippen LogP contribution in [0.3, 0.4) is 0 Å². The van der Waals surface area contributed by atoms with Crippen LogP contribution in [0.2, 0.25) is 5.02 Å². The lowest BCUT2D eigenvalue weighted by atomic mass is 10.1. The number of anilines is 2. The molecule has 0 fully saturated rings. The van der Waals surface area contributed by atoms with Crippen LogP contribution < -0.4 is 15.4 Å². The maximum Gasteiger partial charge on any atom is 0.266 e. The lowest BCUT2D eigenvalue weighted by molar-refractivity contribution is -0.118. The Morgan fingerprint density at radius 2 is 1.82 bits per heavy atom. The zero-order valence-electron chi connectivity index (χ0n) is 18.5. The van der Waals surface area contributed by atoms with Gasteiger partial charge in [0, 0.05) is 5.69 Å². The van der Waals surface area contributed by atoms with Crippen molar-refractivity contribution in [1.29, 1.82) is 5.26 Å². The minimum Gasteiger partial charge on any atom is -0.483 e. The van der Waals surface area contributed by atoms with Crippen molar-refractivity contribution >= 4 is 56.8 Å². The maximum absolute atomic E-state index is 12.6. The van der Waals surface area contributed by atoms with Crippen molar-refractivity contribution in [2.24, 2.45) is 0 Å². The zero-order valence-corrected chi connectivity index (χ0v) is 20.8. The molecule has 0 aromatic heterocycles. The average Bonchev–Trinajstić information content (AvgIpc) is 2.80. The molecule has 0 bridgehead atoms. The number of ether oxygens (including phenoxy) is 1. The molecule has 0 saturated heterocycles. The number of aryl methyl sites for hydroxylation is 2. The summed E-state index contributed by atoms with van der Waals surface area (Å²) in [6.45, 7) is 3.64. The van der Waals surface area contributed by atoms with Crippen molar-refractivity contribution in [3.63, 3.8) is 0 Å². The Labute approximate surface area is 211 Å². The fourth-order valence-electron chi connectivity index (χ4n) is 3.07. The predicted molar refractivity (Wildman–Crippen MR) is 138 cm³/mol. The molecule has 0 atom stereocenters. The molecule has 0 spiro atoms. The van der Waals surface area contributed by atoms with Crippen molar-refractivity contribution in [2.75, 3.05) is 17.2 Å². The largest absolute Gasteiger partial charge is 0.483 e. The summed E-state index contributed by atoms with van der Waals surface area (Å²) in [5, 5.41) is 15.4. The van der Waals surface area contributed by atoms with Gasteiger partial charge in [-0.05, 0) is 77.3 Å². The topological polar surface area (TPSA) is 91.2 Å². The number of hydrogen-bond acceptors (Lipinski definition) is 4. The number of halogens is 2. The van der Waals surface area contributed by atoms with Crippen LogP contribution in [0.4, 0.5) is 11.4 Å². The molecule has 3 rings (SSSR count). The predicted octanol–water partition coefficient (Wildman–Crippen LogP) is 6.28. The van der Waals surface area contributed by atoms with Crippen molar-refractivity contribution in [3.8, 4) is 11.8 Å². The van der Waals surface area contributed by atoms with Gasteiger partial charge in [-0.25, -0.2) is 0 Å². The van der Waals surface area contributed by atoms with E-state index in [1.165, 1.54) is 6.08 Å². The molecule has 172 valence electrons. The third-order valence-electron chi connectivity index (χ3n) is 4.77. The number of hydrogen-bond donors (Lipinski definition) is 2. The quantitative estimate of drug-likeness (QED) is 0.273. The second-order valence-corrected chi connectivity index (χ2v) is 8.71. The van der Waals surface area contributed by atoms with Gasteiger partial charge in [0.2, 0.25) is 0 Å². The lowest BCUT2D eigenvalue weighted by Gasteiger charge is -2.11. The van der Waals surface area contributed by atoms with Gasteiger partial charge in [-0.1, -0.05) is 47.5 Å². The number of para-hydroxylation sites is 1. The molecule has 0 aliphatic heterocycles. The van der Waals surface area contributed by atoms with Gasteiger partial charge in [-0.2, -0.15) is 5.26 Å². The molecule has 2 amide bonds. The molecular formula is C26H21BrClN3O3. The number of nitrogens with zero attached hydrogens (tertiary/aromatic N) is 1. The van der Waals surface area contributed by atoms with E-state index < -0.39 is 5.91 Å². The van der Waals surface area contributed by atoms with Gasteiger partial charge in [0.1, 0.15) is 17.4 Å². The molecule has 6 nitrogen and oxygen atoms in total. The summed E-state index contributed by atoms with van der Waals surface area (Å²) in [6.07, 6.45) is 1.48. The van der Waals surface area contributed by atoms with Crippen LogP contribution in [0, 0.1) is 25.2 Å². The highest BCUT2D eigenvalue weighted by molar-refractivity contribution is 9.10. The highest BCUT2D eigenvalue weighted by atomic mass is 79.9. The number of nitriles is 1. The van der Waals surface area contributed by atoms with Crippen LogP contribution in [0.15, 0.2) is 70.7 Å². The normalized spacial score (nSPS) is 10.9. The highest BCUT2D eigenvalue weighted by Crippen LogP contribution is 2.27. The first-order valence-corrected chi connectivity index (χ1v) is 11.4. The Hall–Kier alpha value is -3.60. The van der Waals surface area contributed by atoms with Crippen molar-refractivity contribution in [1.82, 2.24) is 0 Å². The Bertz CT molecular complexity index is 1310. The third-order valence-corrected chi connectivity index (χ3v) is 5.72. The molecule has 0 radical (unpaired) electrons. The summed E-state index contributed by atoms with van der Waals surface area (Å²) in [4.78, 5) is 24.8. The Kier molecular flexibility index (Phi) is 8.47. The van der Waals surface area contributed by atoms with Crippen LogP contribution in [-0.4, -0.2) is 18.4 Å². The minimum absolute atomic E-state index is 0.0420. The Balaban J connectivity index is 1.65. The summed E-state index contributed by atoms with van der Waals surface area (Å²) >= 11 is 9.45. The first-order valence-electron chi connectivity index (χ1n) is 10.2. The van der Waals surface area contributed by atoms with Gasteiger partial charge in [0.15, 0.2) is 6.61 Å². The average molecular weight is 539 g/mol. The van der Waals surface area contributed by atoms with E-state index in [-0.39, 0.29) is 18.1 Å². The van der Waals surface area contributed by atoms with E-state index >= 15 is 0 Å². The molecule has 3 aromatic rings. The van der Waals surface area contributed by atoms with E-state index in [0.29, 0.717) is 32.2 Å². The minimum atomic E-state index is -0.498. The van der Waals surface area contributed by atoms with E-state index in [1.54, 1.807) is 42.5 Å². The molecule has 0 unspecified atom stereocenters. The molecular weight excluding hydrogens is 518 g/mol. The Morgan fingerprint density at radius 3 is 2.50 bits per heavy atom. The van der Waals surface area contributed by atoms with Crippen LogP contribution in [0.5, 0.6) is 5.75 Å². The van der Waals surface area contributed by atoms with E-state index in [0.717, 1.165) is 11.1 Å². The van der Waals surface area contributed by atoms with Crippen LogP contribution in [-0.2, 0) is 9.59 Å². The molecule has 0 aliphatic rings. The fourth-order valence-corrected chi connectivity index (χ4v) is 3.77. The van der Waals surface area contributed by atoms with E-state index in [1.807, 2.05) is 38.1 Å². The van der Waals surface area contributed by atoms with E-state index in [4.69, 9.17) is 16.3 Å². The van der Waals surface area contributed by atoms with Gasteiger partial charge in [0.05, 0.1) is 15.2 Å². The first kappa shape index (κ1) is 25.0. The van der Waals surface area contributed by atoms with Crippen molar-refractivity contribution < 1.29 is 14.3 Å². The van der Waals surface area contributed by atoms with E-state index in [2.05, 4.69) is 26.6 Å².